The lowest BCUT2D eigenvalue weighted by molar-refractivity contribution is -0.121. The van der Waals surface area contributed by atoms with E-state index in [2.05, 4.69) is 21.6 Å². The molecule has 28 heavy (non-hydrogen) atoms. The molecule has 1 aromatic carbocycles. The number of carbonyl (C=O) groups is 1. The van der Waals surface area contributed by atoms with E-state index in [1.165, 1.54) is 12.0 Å². The van der Waals surface area contributed by atoms with E-state index >= 15 is 0 Å². The minimum Gasteiger partial charge on any atom is -0.420 e. The second kappa shape index (κ2) is 7.62. The largest absolute Gasteiger partial charge is 0.420 e. The molecule has 2 heterocycles. The SMILES string of the molecule is Cc1cccc(CNC(=O)Cn2c(C)cc(-c3nnc(C4CCC4)o3)c2C)c1. The number of nitrogens with zero attached hydrogens (tertiary/aromatic N) is 3. The third-order valence-corrected chi connectivity index (χ3v) is 5.57. The quantitative estimate of drug-likeness (QED) is 0.702. The maximum absolute atomic E-state index is 12.5. The van der Waals surface area contributed by atoms with Crippen molar-refractivity contribution in [1.29, 1.82) is 0 Å². The van der Waals surface area contributed by atoms with Crippen LogP contribution in [0.15, 0.2) is 34.7 Å². The highest BCUT2D eigenvalue weighted by atomic mass is 16.4. The number of amides is 1. The van der Waals surface area contributed by atoms with Gasteiger partial charge in [-0.3, -0.25) is 4.79 Å². The van der Waals surface area contributed by atoms with Crippen molar-refractivity contribution in [2.45, 2.75) is 59.0 Å². The summed E-state index contributed by atoms with van der Waals surface area (Å²) in [7, 11) is 0. The Kier molecular flexibility index (Phi) is 5.03. The number of hydrogen-bond acceptors (Lipinski definition) is 4. The van der Waals surface area contributed by atoms with Gasteiger partial charge in [0, 0.05) is 23.9 Å². The highest BCUT2D eigenvalue weighted by molar-refractivity contribution is 5.76. The van der Waals surface area contributed by atoms with Gasteiger partial charge in [0.1, 0.15) is 6.54 Å². The summed E-state index contributed by atoms with van der Waals surface area (Å²) in [5, 5.41) is 11.5. The van der Waals surface area contributed by atoms with Crippen LogP contribution in [0.4, 0.5) is 0 Å². The molecule has 6 heteroatoms. The van der Waals surface area contributed by atoms with Gasteiger partial charge in [-0.25, -0.2) is 0 Å². The van der Waals surface area contributed by atoms with Gasteiger partial charge in [-0.1, -0.05) is 36.2 Å². The zero-order valence-corrected chi connectivity index (χ0v) is 16.7. The van der Waals surface area contributed by atoms with E-state index in [9.17, 15) is 4.79 Å². The van der Waals surface area contributed by atoms with Gasteiger partial charge in [0.2, 0.25) is 17.7 Å². The normalized spacial score (nSPS) is 14.1. The van der Waals surface area contributed by atoms with Crippen LogP contribution in [0.25, 0.3) is 11.5 Å². The molecule has 0 unspecified atom stereocenters. The molecule has 1 saturated carbocycles. The zero-order valence-electron chi connectivity index (χ0n) is 16.7. The van der Waals surface area contributed by atoms with Crippen LogP contribution in [0, 0.1) is 20.8 Å². The van der Waals surface area contributed by atoms with E-state index < -0.39 is 0 Å². The first-order chi connectivity index (χ1) is 13.5. The molecular weight excluding hydrogens is 352 g/mol. The molecule has 0 radical (unpaired) electrons. The molecule has 1 aliphatic carbocycles. The van der Waals surface area contributed by atoms with Crippen molar-refractivity contribution in [3.63, 3.8) is 0 Å². The molecule has 0 saturated heterocycles. The number of benzene rings is 1. The van der Waals surface area contributed by atoms with Crippen molar-refractivity contribution in [1.82, 2.24) is 20.1 Å². The van der Waals surface area contributed by atoms with Crippen LogP contribution < -0.4 is 5.32 Å². The van der Waals surface area contributed by atoms with Crippen molar-refractivity contribution in [2.24, 2.45) is 0 Å². The summed E-state index contributed by atoms with van der Waals surface area (Å²) in [6.45, 7) is 6.83. The summed E-state index contributed by atoms with van der Waals surface area (Å²) >= 11 is 0. The van der Waals surface area contributed by atoms with Crippen LogP contribution in [0.2, 0.25) is 0 Å². The Balaban J connectivity index is 1.44. The maximum atomic E-state index is 12.5. The lowest BCUT2D eigenvalue weighted by Crippen LogP contribution is -2.27. The molecule has 146 valence electrons. The fourth-order valence-corrected chi connectivity index (χ4v) is 3.65. The smallest absolute Gasteiger partial charge is 0.249 e. The second-order valence-electron chi connectivity index (χ2n) is 7.71. The Morgan fingerprint density at radius 3 is 2.75 bits per heavy atom. The van der Waals surface area contributed by atoms with Crippen LogP contribution in [-0.4, -0.2) is 20.7 Å². The predicted molar refractivity (Wildman–Crippen MR) is 107 cm³/mol. The van der Waals surface area contributed by atoms with E-state index in [1.807, 2.05) is 49.6 Å². The van der Waals surface area contributed by atoms with Gasteiger partial charge < -0.3 is 14.3 Å². The second-order valence-corrected chi connectivity index (χ2v) is 7.71. The van der Waals surface area contributed by atoms with Gasteiger partial charge >= 0.3 is 0 Å². The van der Waals surface area contributed by atoms with Gasteiger partial charge in [0.15, 0.2) is 0 Å². The average Bonchev–Trinajstić information content (AvgIpc) is 3.19. The van der Waals surface area contributed by atoms with Gasteiger partial charge in [0.05, 0.1) is 5.56 Å². The molecule has 0 aliphatic heterocycles. The van der Waals surface area contributed by atoms with Crippen LogP contribution in [-0.2, 0) is 17.9 Å². The maximum Gasteiger partial charge on any atom is 0.249 e. The predicted octanol–water partition coefficient (Wildman–Crippen LogP) is 4.05. The van der Waals surface area contributed by atoms with E-state index in [4.69, 9.17) is 4.42 Å². The third-order valence-electron chi connectivity index (χ3n) is 5.57. The van der Waals surface area contributed by atoms with Crippen molar-refractivity contribution >= 4 is 5.91 Å². The highest BCUT2D eigenvalue weighted by Crippen LogP contribution is 2.37. The Hall–Kier alpha value is -2.89. The Morgan fingerprint density at radius 2 is 2.04 bits per heavy atom. The first-order valence-corrected chi connectivity index (χ1v) is 9.84. The number of aromatic nitrogens is 3. The molecule has 1 N–H and O–H groups in total. The van der Waals surface area contributed by atoms with Crippen LogP contribution in [0.5, 0.6) is 0 Å². The Labute approximate surface area is 165 Å². The average molecular weight is 378 g/mol. The van der Waals surface area contributed by atoms with Crippen molar-refractivity contribution < 1.29 is 9.21 Å². The van der Waals surface area contributed by atoms with E-state index in [-0.39, 0.29) is 12.5 Å². The summed E-state index contributed by atoms with van der Waals surface area (Å²) in [6, 6.07) is 10.2. The Morgan fingerprint density at radius 1 is 1.21 bits per heavy atom. The van der Waals surface area contributed by atoms with E-state index in [0.717, 1.165) is 41.2 Å². The first-order valence-electron chi connectivity index (χ1n) is 9.84. The van der Waals surface area contributed by atoms with Crippen LogP contribution >= 0.6 is 0 Å². The zero-order chi connectivity index (χ0) is 19.7. The topological polar surface area (TPSA) is 73.0 Å². The first kappa shape index (κ1) is 18.5. The van der Waals surface area contributed by atoms with Crippen molar-refractivity contribution in [2.75, 3.05) is 0 Å². The lowest BCUT2D eigenvalue weighted by atomic mass is 9.85. The van der Waals surface area contributed by atoms with Gasteiger partial charge in [-0.15, -0.1) is 10.2 Å². The van der Waals surface area contributed by atoms with E-state index in [0.29, 0.717) is 18.4 Å². The fraction of sp³-hybridized carbons (Fsp3) is 0.409. The van der Waals surface area contributed by atoms with Gasteiger partial charge in [0.25, 0.3) is 0 Å². The number of hydrogen-bond donors (Lipinski definition) is 1. The number of aryl methyl sites for hydroxylation is 2. The molecule has 0 atom stereocenters. The minimum absolute atomic E-state index is 0.0180. The molecular formula is C22H26N4O2. The number of rotatable bonds is 6. The van der Waals surface area contributed by atoms with Crippen molar-refractivity contribution in [3.8, 4) is 11.5 Å². The van der Waals surface area contributed by atoms with E-state index in [1.54, 1.807) is 0 Å². The molecule has 1 aliphatic rings. The van der Waals surface area contributed by atoms with Crippen LogP contribution in [0.1, 0.15) is 53.6 Å². The molecule has 0 bridgehead atoms. The molecule has 1 amide bonds. The monoisotopic (exact) mass is 378 g/mol. The highest BCUT2D eigenvalue weighted by Gasteiger charge is 2.26. The van der Waals surface area contributed by atoms with Gasteiger partial charge in [-0.2, -0.15) is 0 Å². The molecule has 3 aromatic rings. The Bertz CT molecular complexity index is 998. The lowest BCUT2D eigenvalue weighted by Gasteiger charge is -2.20. The summed E-state index contributed by atoms with van der Waals surface area (Å²) in [5.41, 5.74) is 5.16. The molecule has 4 rings (SSSR count). The molecule has 0 spiro atoms. The summed E-state index contributed by atoms with van der Waals surface area (Å²) in [5.74, 6) is 1.68. The van der Waals surface area contributed by atoms with Gasteiger partial charge in [-0.05, 0) is 45.2 Å². The molecule has 2 aromatic heterocycles. The summed E-state index contributed by atoms with van der Waals surface area (Å²) < 4.78 is 7.90. The number of carbonyl (C=O) groups excluding carboxylic acids is 1. The molecule has 6 nitrogen and oxygen atoms in total. The molecule has 1 fully saturated rings. The third kappa shape index (κ3) is 3.72. The number of nitrogens with one attached hydrogen (secondary N) is 1. The minimum atomic E-state index is -0.0180. The standard InChI is InChI=1S/C22H26N4O2/c1-14-6-4-7-17(10-14)12-23-20(27)13-26-15(2)11-19(16(26)3)22-25-24-21(28-22)18-8-5-9-18/h4,6-7,10-11,18H,5,8-9,12-13H2,1-3H3,(H,23,27). The fourth-order valence-electron chi connectivity index (χ4n) is 3.65. The van der Waals surface area contributed by atoms with Crippen molar-refractivity contribution in [3.05, 3.63) is 58.7 Å². The summed E-state index contributed by atoms with van der Waals surface area (Å²) in [6.07, 6.45) is 3.48. The summed E-state index contributed by atoms with van der Waals surface area (Å²) in [4.78, 5) is 12.5. The van der Waals surface area contributed by atoms with Crippen LogP contribution in [0.3, 0.4) is 0 Å².